The monoisotopic (exact) mass is 635 g/mol. The maximum Gasteiger partial charge on any atom is 0.307 e. The van der Waals surface area contributed by atoms with Crippen LogP contribution in [-0.4, -0.2) is 60.8 Å². The van der Waals surface area contributed by atoms with E-state index in [1.165, 1.54) is 0 Å². The van der Waals surface area contributed by atoms with Crippen LogP contribution in [0.25, 0.3) is 0 Å². The van der Waals surface area contributed by atoms with E-state index < -0.39 is 30.0 Å². The molecule has 1 saturated carbocycles. The number of aryl methyl sites for hydroxylation is 1. The zero-order chi connectivity index (χ0) is 29.5. The zero-order valence-electron chi connectivity index (χ0n) is 23.7. The molecular weight excluding hydrogens is 602 g/mol. The Morgan fingerprint density at radius 2 is 1.90 bits per heavy atom. The number of carboxylic acid groups (broad SMARTS) is 1. The maximum absolute atomic E-state index is 14.3. The highest BCUT2D eigenvalue weighted by Gasteiger charge is 2.44. The third kappa shape index (κ3) is 5.19. The highest BCUT2D eigenvalue weighted by atomic mass is 79.9. The topological polar surface area (TPSA) is 118 Å². The number of ether oxygens (including phenoxy) is 1. The summed E-state index contributed by atoms with van der Waals surface area (Å²) in [5.74, 6) is -1.85. The van der Waals surface area contributed by atoms with Crippen LogP contribution in [0, 0.1) is 11.8 Å². The van der Waals surface area contributed by atoms with Gasteiger partial charge in [0.2, 0.25) is 5.91 Å². The molecule has 11 heteroatoms. The minimum atomic E-state index is -0.920. The van der Waals surface area contributed by atoms with Crippen molar-refractivity contribution in [3.63, 3.8) is 0 Å². The summed E-state index contributed by atoms with van der Waals surface area (Å²) >= 11 is 3.73. The Morgan fingerprint density at radius 1 is 1.14 bits per heavy atom. The van der Waals surface area contributed by atoms with Gasteiger partial charge in [-0.15, -0.1) is 5.10 Å². The summed E-state index contributed by atoms with van der Waals surface area (Å²) in [7, 11) is 1.80. The first-order valence-corrected chi connectivity index (χ1v) is 15.3. The summed E-state index contributed by atoms with van der Waals surface area (Å²) in [4.78, 5) is 43.6. The van der Waals surface area contributed by atoms with Crippen LogP contribution in [0.4, 0.5) is 0 Å². The Kier molecular flexibility index (Phi) is 7.78. The van der Waals surface area contributed by atoms with Gasteiger partial charge in [-0.3, -0.25) is 19.1 Å². The van der Waals surface area contributed by atoms with Gasteiger partial charge < -0.3 is 19.6 Å². The third-order valence-electron chi connectivity index (χ3n) is 8.89. The van der Waals surface area contributed by atoms with E-state index in [4.69, 9.17) is 4.74 Å². The molecule has 2 aromatic carbocycles. The molecule has 3 heterocycles. The van der Waals surface area contributed by atoms with E-state index in [0.29, 0.717) is 49.4 Å². The number of nitrogens with zero attached hydrogens (tertiary/aromatic N) is 5. The number of halogens is 1. The first-order valence-electron chi connectivity index (χ1n) is 14.5. The van der Waals surface area contributed by atoms with Crippen molar-refractivity contribution in [1.29, 1.82) is 0 Å². The van der Waals surface area contributed by atoms with Crippen LogP contribution in [0.2, 0.25) is 0 Å². The lowest BCUT2D eigenvalue weighted by atomic mass is 9.77. The Balaban J connectivity index is 1.40. The normalized spacial score (nSPS) is 22.5. The number of aromatic nitrogens is 3. The number of amides is 2. The summed E-state index contributed by atoms with van der Waals surface area (Å²) in [6, 6.07) is 10.9. The quantitative estimate of drug-likeness (QED) is 0.400. The molecule has 1 aliphatic carbocycles. The molecule has 3 aliphatic rings. The van der Waals surface area contributed by atoms with Crippen molar-refractivity contribution in [2.24, 2.45) is 18.9 Å². The Labute approximate surface area is 252 Å². The molecule has 1 N–H and O–H groups in total. The van der Waals surface area contributed by atoms with Crippen molar-refractivity contribution >= 4 is 33.7 Å². The van der Waals surface area contributed by atoms with Crippen LogP contribution < -0.4 is 4.74 Å². The van der Waals surface area contributed by atoms with Gasteiger partial charge in [0.1, 0.15) is 17.5 Å². The van der Waals surface area contributed by atoms with Crippen molar-refractivity contribution < 1.29 is 24.2 Å². The van der Waals surface area contributed by atoms with Crippen molar-refractivity contribution in [3.8, 4) is 5.75 Å². The second kappa shape index (κ2) is 11.5. The molecule has 2 amide bonds. The molecule has 220 valence electrons. The van der Waals surface area contributed by atoms with Gasteiger partial charge in [-0.25, -0.2) is 0 Å². The number of benzene rings is 2. The summed E-state index contributed by atoms with van der Waals surface area (Å²) in [6.07, 6.45) is 4.64. The average molecular weight is 637 g/mol. The van der Waals surface area contributed by atoms with Crippen molar-refractivity contribution in [2.45, 2.75) is 57.7 Å². The average Bonchev–Trinajstić information content (AvgIpc) is 3.57. The SMILES string of the molecule is CC(Oc1ccc(Br)c2c1[C@@H](CN1Cc3ccccc3C1=O)N(C(=O)C1CCCC[C@H]1C(=O)O)CC2)c1cn(C)nn1. The summed E-state index contributed by atoms with van der Waals surface area (Å²) < 4.78 is 9.04. The molecule has 4 atom stereocenters. The van der Waals surface area contributed by atoms with Gasteiger partial charge in [-0.2, -0.15) is 0 Å². The lowest BCUT2D eigenvalue weighted by molar-refractivity contribution is -0.153. The van der Waals surface area contributed by atoms with Crippen molar-refractivity contribution in [3.05, 3.63) is 75.0 Å². The van der Waals surface area contributed by atoms with Gasteiger partial charge in [0.25, 0.3) is 5.91 Å². The van der Waals surface area contributed by atoms with Gasteiger partial charge in [0.05, 0.1) is 24.1 Å². The fourth-order valence-electron chi connectivity index (χ4n) is 6.74. The number of carbonyl (C=O) groups is 3. The first kappa shape index (κ1) is 28.4. The molecule has 0 bridgehead atoms. The highest BCUT2D eigenvalue weighted by molar-refractivity contribution is 9.10. The summed E-state index contributed by atoms with van der Waals surface area (Å²) in [5, 5.41) is 18.2. The molecule has 1 aromatic heterocycles. The van der Waals surface area contributed by atoms with Crippen LogP contribution in [-0.2, 0) is 29.6 Å². The van der Waals surface area contributed by atoms with Gasteiger partial charge in [0, 0.05) is 42.3 Å². The number of rotatable bonds is 7. The van der Waals surface area contributed by atoms with Gasteiger partial charge in [-0.05, 0) is 55.5 Å². The fraction of sp³-hybridized carbons (Fsp3) is 0.452. The van der Waals surface area contributed by atoms with Gasteiger partial charge in [0.15, 0.2) is 0 Å². The molecular formula is C31H34BrN5O5. The second-order valence-electron chi connectivity index (χ2n) is 11.5. The Morgan fingerprint density at radius 3 is 2.62 bits per heavy atom. The molecule has 42 heavy (non-hydrogen) atoms. The molecule has 0 saturated heterocycles. The fourth-order valence-corrected chi connectivity index (χ4v) is 7.29. The predicted molar refractivity (Wildman–Crippen MR) is 157 cm³/mol. The molecule has 2 unspecified atom stereocenters. The molecule has 10 nitrogen and oxygen atoms in total. The number of carbonyl (C=O) groups excluding carboxylic acids is 2. The van der Waals surface area contributed by atoms with Crippen molar-refractivity contribution in [2.75, 3.05) is 13.1 Å². The lowest BCUT2D eigenvalue weighted by Crippen LogP contribution is -2.50. The minimum Gasteiger partial charge on any atom is -0.484 e. The number of hydrogen-bond donors (Lipinski definition) is 1. The first-order chi connectivity index (χ1) is 20.2. The number of hydrogen-bond acceptors (Lipinski definition) is 6. The third-order valence-corrected chi connectivity index (χ3v) is 9.63. The summed E-state index contributed by atoms with van der Waals surface area (Å²) in [6.45, 7) is 3.04. The molecule has 1 fully saturated rings. The Hall–Kier alpha value is -3.73. The van der Waals surface area contributed by atoms with E-state index >= 15 is 0 Å². The molecule has 6 rings (SSSR count). The van der Waals surface area contributed by atoms with Gasteiger partial charge >= 0.3 is 5.97 Å². The molecule has 0 radical (unpaired) electrons. The second-order valence-corrected chi connectivity index (χ2v) is 12.3. The van der Waals surface area contributed by atoms with Crippen LogP contribution in [0.3, 0.4) is 0 Å². The minimum absolute atomic E-state index is 0.0726. The molecule has 0 spiro atoms. The molecule has 2 aliphatic heterocycles. The van der Waals surface area contributed by atoms with E-state index in [-0.39, 0.29) is 18.4 Å². The standard InChI is InChI=1S/C31H34BrN5O5/c1-18(25-16-35(2)34-33-25)42-27-12-11-24(32)23-13-14-37(30(39)21-9-5-6-10-22(21)31(40)41)26(28(23)27)17-36-15-19-7-3-4-8-20(19)29(36)38/h3-4,7-8,11-12,16,18,21-22,26H,5-6,9-10,13-15,17H2,1-2H3,(H,40,41)/t18?,21?,22-,26-/m1/s1. The van der Waals surface area contributed by atoms with Crippen molar-refractivity contribution in [1.82, 2.24) is 24.8 Å². The number of carboxylic acids is 1. The van der Waals surface area contributed by atoms with E-state index in [1.807, 2.05) is 48.2 Å². The number of aliphatic carboxylic acids is 1. The van der Waals surface area contributed by atoms with Crippen LogP contribution >= 0.6 is 15.9 Å². The van der Waals surface area contributed by atoms with E-state index in [9.17, 15) is 19.5 Å². The molecule has 3 aromatic rings. The van der Waals surface area contributed by atoms with Crippen LogP contribution in [0.1, 0.15) is 77.5 Å². The Bertz CT molecular complexity index is 1540. The van der Waals surface area contributed by atoms with E-state index in [0.717, 1.165) is 34.0 Å². The maximum atomic E-state index is 14.3. The highest BCUT2D eigenvalue weighted by Crippen LogP contribution is 2.44. The largest absolute Gasteiger partial charge is 0.484 e. The predicted octanol–water partition coefficient (Wildman–Crippen LogP) is 4.69. The van der Waals surface area contributed by atoms with Crippen LogP contribution in [0.5, 0.6) is 5.75 Å². The number of fused-ring (bicyclic) bond motifs is 2. The smallest absolute Gasteiger partial charge is 0.307 e. The van der Waals surface area contributed by atoms with E-state index in [2.05, 4.69) is 26.2 Å². The van der Waals surface area contributed by atoms with Gasteiger partial charge in [-0.1, -0.05) is 52.2 Å². The summed E-state index contributed by atoms with van der Waals surface area (Å²) in [5.41, 5.74) is 4.16. The van der Waals surface area contributed by atoms with Crippen LogP contribution in [0.15, 0.2) is 47.1 Å². The zero-order valence-corrected chi connectivity index (χ0v) is 25.3. The van der Waals surface area contributed by atoms with E-state index in [1.54, 1.807) is 22.8 Å². The lowest BCUT2D eigenvalue weighted by Gasteiger charge is -2.43.